The summed E-state index contributed by atoms with van der Waals surface area (Å²) in [4.78, 5) is 44.8. The van der Waals surface area contributed by atoms with Crippen LogP contribution in [-0.4, -0.2) is 21.2 Å². The average Bonchev–Trinajstić information content (AvgIpc) is 3.40. The van der Waals surface area contributed by atoms with E-state index < -0.39 is 0 Å². The van der Waals surface area contributed by atoms with Gasteiger partial charge in [-0.3, -0.25) is 19.0 Å². The molecule has 1 aliphatic carbocycles. The Balaban J connectivity index is 1.46. The number of aryl methyl sites for hydroxylation is 1. The van der Waals surface area contributed by atoms with Crippen LogP contribution in [0.5, 0.6) is 0 Å². The molecule has 0 spiro atoms. The van der Waals surface area contributed by atoms with Gasteiger partial charge in [-0.15, -0.1) is 22.7 Å². The van der Waals surface area contributed by atoms with Gasteiger partial charge in [-0.25, -0.2) is 4.98 Å². The van der Waals surface area contributed by atoms with Crippen LogP contribution in [0.25, 0.3) is 10.2 Å². The molecule has 6 nitrogen and oxygen atoms in total. The molecule has 3 aromatic heterocycles. The first-order chi connectivity index (χ1) is 15.1. The fourth-order valence-electron chi connectivity index (χ4n) is 3.95. The summed E-state index contributed by atoms with van der Waals surface area (Å²) in [7, 11) is 0. The summed E-state index contributed by atoms with van der Waals surface area (Å²) in [6.07, 6.45) is 5.28. The minimum Gasteiger partial charge on any atom is -0.316 e. The third-order valence-corrected chi connectivity index (χ3v) is 7.48. The molecule has 0 fully saturated rings. The first-order valence-corrected chi connectivity index (χ1v) is 11.8. The maximum absolute atomic E-state index is 13.3. The predicted molar refractivity (Wildman–Crippen MR) is 123 cm³/mol. The van der Waals surface area contributed by atoms with E-state index in [-0.39, 0.29) is 23.8 Å². The molecule has 0 aliphatic heterocycles. The van der Waals surface area contributed by atoms with Gasteiger partial charge < -0.3 is 5.32 Å². The first kappa shape index (κ1) is 19.8. The van der Waals surface area contributed by atoms with E-state index in [1.165, 1.54) is 38.4 Å². The summed E-state index contributed by atoms with van der Waals surface area (Å²) in [6, 6.07) is 10.9. The normalized spacial score (nSPS) is 13.2. The summed E-state index contributed by atoms with van der Waals surface area (Å²) < 4.78 is 1.30. The maximum Gasteiger partial charge on any atom is 0.262 e. The molecule has 0 saturated carbocycles. The molecule has 0 bridgehead atoms. The third-order valence-electron chi connectivity index (χ3n) is 5.45. The Morgan fingerprint density at radius 1 is 1.10 bits per heavy atom. The maximum atomic E-state index is 13.3. The van der Waals surface area contributed by atoms with Gasteiger partial charge in [0, 0.05) is 10.4 Å². The second-order valence-electron chi connectivity index (χ2n) is 7.48. The average molecular weight is 450 g/mol. The molecule has 3 heterocycles. The molecule has 1 N–H and O–H groups in total. The van der Waals surface area contributed by atoms with Crippen LogP contribution in [-0.2, 0) is 24.2 Å². The van der Waals surface area contributed by atoms with E-state index in [1.807, 2.05) is 18.2 Å². The van der Waals surface area contributed by atoms with Crippen molar-refractivity contribution in [1.29, 1.82) is 0 Å². The van der Waals surface area contributed by atoms with Crippen molar-refractivity contribution < 1.29 is 9.59 Å². The molecule has 156 valence electrons. The Morgan fingerprint density at radius 2 is 1.90 bits per heavy atom. The lowest BCUT2D eigenvalue weighted by Crippen LogP contribution is -2.27. The number of aromatic nitrogens is 2. The highest BCUT2D eigenvalue weighted by molar-refractivity contribution is 7.17. The van der Waals surface area contributed by atoms with Gasteiger partial charge in [-0.05, 0) is 42.7 Å². The van der Waals surface area contributed by atoms with Crippen molar-refractivity contribution in [3.63, 3.8) is 0 Å². The number of nitrogens with one attached hydrogen (secondary N) is 1. The van der Waals surface area contributed by atoms with E-state index >= 15 is 0 Å². The molecule has 31 heavy (non-hydrogen) atoms. The number of rotatable bonds is 5. The van der Waals surface area contributed by atoms with Crippen molar-refractivity contribution in [2.45, 2.75) is 32.2 Å². The van der Waals surface area contributed by atoms with E-state index in [2.05, 4.69) is 10.3 Å². The van der Waals surface area contributed by atoms with Crippen LogP contribution in [0, 0.1) is 0 Å². The summed E-state index contributed by atoms with van der Waals surface area (Å²) in [5.41, 5.74) is 2.01. The Morgan fingerprint density at radius 3 is 2.74 bits per heavy atom. The van der Waals surface area contributed by atoms with Crippen LogP contribution in [0.2, 0.25) is 0 Å². The van der Waals surface area contributed by atoms with Crippen LogP contribution >= 0.6 is 22.7 Å². The quantitative estimate of drug-likeness (QED) is 0.462. The number of benzene rings is 1. The number of thiophene rings is 2. The minimum absolute atomic E-state index is 0.0752. The minimum atomic E-state index is -0.348. The van der Waals surface area contributed by atoms with Crippen molar-refractivity contribution in [1.82, 2.24) is 9.55 Å². The number of carbonyl (C=O) groups excluding carboxylic acids is 2. The topological polar surface area (TPSA) is 81.1 Å². The molecular formula is C23H19N3O3S2. The number of anilines is 1. The Labute approximate surface area is 186 Å². The van der Waals surface area contributed by atoms with E-state index in [4.69, 9.17) is 0 Å². The molecular weight excluding hydrogens is 430 g/mol. The van der Waals surface area contributed by atoms with Gasteiger partial charge in [0.05, 0.1) is 17.3 Å². The van der Waals surface area contributed by atoms with Crippen molar-refractivity contribution in [2.75, 3.05) is 5.32 Å². The van der Waals surface area contributed by atoms with Gasteiger partial charge in [0.1, 0.15) is 16.4 Å². The summed E-state index contributed by atoms with van der Waals surface area (Å²) in [5, 5.41) is 5.80. The highest BCUT2D eigenvalue weighted by Gasteiger charge is 2.27. The summed E-state index contributed by atoms with van der Waals surface area (Å²) in [5.74, 6) is -0.423. The Bertz CT molecular complexity index is 1350. The number of hydrogen-bond acceptors (Lipinski definition) is 6. The monoisotopic (exact) mass is 449 g/mol. The van der Waals surface area contributed by atoms with Crippen molar-refractivity contribution >= 4 is 49.6 Å². The van der Waals surface area contributed by atoms with Crippen LogP contribution in [0.4, 0.5) is 5.00 Å². The van der Waals surface area contributed by atoms with Gasteiger partial charge in [0.15, 0.2) is 5.78 Å². The molecule has 1 aromatic carbocycles. The molecule has 5 rings (SSSR count). The first-order valence-electron chi connectivity index (χ1n) is 10.1. The van der Waals surface area contributed by atoms with Crippen molar-refractivity contribution in [3.8, 4) is 0 Å². The van der Waals surface area contributed by atoms with Crippen LogP contribution < -0.4 is 10.9 Å². The largest absolute Gasteiger partial charge is 0.316 e. The Kier molecular flexibility index (Phi) is 5.25. The van der Waals surface area contributed by atoms with E-state index in [0.29, 0.717) is 26.3 Å². The zero-order chi connectivity index (χ0) is 21.4. The third kappa shape index (κ3) is 3.73. The van der Waals surface area contributed by atoms with Crippen molar-refractivity contribution in [2.24, 2.45) is 0 Å². The molecule has 4 aromatic rings. The molecule has 8 heteroatoms. The van der Waals surface area contributed by atoms with Crippen molar-refractivity contribution in [3.05, 3.63) is 80.0 Å². The number of ketones is 1. The second-order valence-corrected chi connectivity index (χ2v) is 9.48. The number of amides is 1. The lowest BCUT2D eigenvalue weighted by molar-refractivity contribution is -0.116. The molecule has 0 saturated heterocycles. The zero-order valence-electron chi connectivity index (χ0n) is 16.6. The van der Waals surface area contributed by atoms with E-state index in [0.717, 1.165) is 31.2 Å². The summed E-state index contributed by atoms with van der Waals surface area (Å²) >= 11 is 2.87. The Hall–Kier alpha value is -3.10. The standard InChI is InChI=1S/C23H19N3O3S2/c27-18(12-26-13-24-21-16(23(26)29)10-11-30-21)25-22-19(15-8-4-5-9-17(15)31-22)20(28)14-6-2-1-3-7-14/h1-3,6-7,10-11,13H,4-5,8-9,12H2,(H,25,27). The molecule has 0 atom stereocenters. The smallest absolute Gasteiger partial charge is 0.262 e. The second kappa shape index (κ2) is 8.20. The molecule has 0 unspecified atom stereocenters. The van der Waals surface area contributed by atoms with E-state index in [1.54, 1.807) is 23.6 Å². The highest BCUT2D eigenvalue weighted by atomic mass is 32.1. The number of nitrogens with zero attached hydrogens (tertiary/aromatic N) is 2. The van der Waals surface area contributed by atoms with Gasteiger partial charge >= 0.3 is 0 Å². The highest BCUT2D eigenvalue weighted by Crippen LogP contribution is 2.39. The fraction of sp³-hybridized carbons (Fsp3) is 0.217. The van der Waals surface area contributed by atoms with Crippen LogP contribution in [0.1, 0.15) is 39.2 Å². The summed E-state index contributed by atoms with van der Waals surface area (Å²) in [6.45, 7) is -0.154. The van der Waals surface area contributed by atoms with Crippen LogP contribution in [0.15, 0.2) is 52.9 Å². The zero-order valence-corrected chi connectivity index (χ0v) is 18.2. The lowest BCUT2D eigenvalue weighted by Gasteiger charge is -2.13. The van der Waals surface area contributed by atoms with Gasteiger partial charge in [-0.2, -0.15) is 0 Å². The van der Waals surface area contributed by atoms with Crippen LogP contribution in [0.3, 0.4) is 0 Å². The number of fused-ring (bicyclic) bond motifs is 2. The molecule has 0 radical (unpaired) electrons. The van der Waals surface area contributed by atoms with Gasteiger partial charge in [0.2, 0.25) is 5.91 Å². The molecule has 1 amide bonds. The number of carbonyl (C=O) groups is 2. The fourth-order valence-corrected chi connectivity index (χ4v) is 5.98. The van der Waals surface area contributed by atoms with Gasteiger partial charge in [-0.1, -0.05) is 30.3 Å². The lowest BCUT2D eigenvalue weighted by atomic mass is 9.92. The SMILES string of the molecule is O=C(Cn1cnc2sccc2c1=O)Nc1sc2c(c1C(=O)c1ccccc1)CCCC2. The predicted octanol–water partition coefficient (Wildman–Crippen LogP) is 4.27. The van der Waals surface area contributed by atoms with E-state index in [9.17, 15) is 14.4 Å². The number of hydrogen-bond donors (Lipinski definition) is 1. The van der Waals surface area contributed by atoms with Gasteiger partial charge in [0.25, 0.3) is 5.56 Å². The molecule has 1 aliphatic rings.